The predicted molar refractivity (Wildman–Crippen MR) is 79.7 cm³/mol. The number of hydrogen-bond donors (Lipinski definition) is 1. The van der Waals surface area contributed by atoms with Crippen LogP contribution in [-0.2, 0) is 9.59 Å². The van der Waals surface area contributed by atoms with Crippen LogP contribution in [-0.4, -0.2) is 28.8 Å². The zero-order valence-electron chi connectivity index (χ0n) is 12.0. The highest BCUT2D eigenvalue weighted by molar-refractivity contribution is 6.33. The van der Waals surface area contributed by atoms with Gasteiger partial charge in [-0.15, -0.1) is 0 Å². The van der Waals surface area contributed by atoms with Crippen molar-refractivity contribution in [3.63, 3.8) is 0 Å². The van der Waals surface area contributed by atoms with E-state index in [2.05, 4.69) is 5.32 Å². The molecule has 0 radical (unpaired) electrons. The molecule has 2 rings (SSSR count). The molecule has 1 aromatic carbocycles. The molecule has 1 fully saturated rings. The Balaban J connectivity index is 2.15. The van der Waals surface area contributed by atoms with Crippen LogP contribution in [0.3, 0.4) is 0 Å². The van der Waals surface area contributed by atoms with E-state index in [1.54, 1.807) is 0 Å². The first kappa shape index (κ1) is 15.8. The Bertz CT molecular complexity index is 561. The topological polar surface area (TPSA) is 49.4 Å². The number of carbonyl (C=O) groups excluding carboxylic acids is 2. The van der Waals surface area contributed by atoms with E-state index in [9.17, 15) is 14.0 Å². The molecule has 1 unspecified atom stereocenters. The van der Waals surface area contributed by atoms with Gasteiger partial charge in [0.25, 0.3) is 5.91 Å². The molecular weight excluding hydrogens is 295 g/mol. The molecule has 114 valence electrons. The average Bonchev–Trinajstić information content (AvgIpc) is 2.71. The molecule has 1 aliphatic rings. The fraction of sp³-hybridized carbons (Fsp3) is 0.467. The Labute approximate surface area is 128 Å². The van der Waals surface area contributed by atoms with Gasteiger partial charge in [-0.25, -0.2) is 4.39 Å². The number of hydrogen-bond acceptors (Lipinski definition) is 3. The molecule has 0 spiro atoms. The van der Waals surface area contributed by atoms with Gasteiger partial charge in [-0.05, 0) is 31.0 Å². The van der Waals surface area contributed by atoms with Crippen molar-refractivity contribution >= 4 is 29.1 Å². The summed E-state index contributed by atoms with van der Waals surface area (Å²) < 4.78 is 13.0. The quantitative estimate of drug-likeness (QED) is 0.849. The van der Waals surface area contributed by atoms with Crippen molar-refractivity contribution in [2.24, 2.45) is 0 Å². The predicted octanol–water partition coefficient (Wildman–Crippen LogP) is 3.21. The minimum atomic E-state index is -0.638. The van der Waals surface area contributed by atoms with Crippen LogP contribution in [0.5, 0.6) is 0 Å². The van der Waals surface area contributed by atoms with Gasteiger partial charge in [-0.3, -0.25) is 14.5 Å². The maximum atomic E-state index is 13.0. The van der Waals surface area contributed by atoms with Crippen LogP contribution < -0.4 is 5.32 Å². The zero-order chi connectivity index (χ0) is 15.6. The van der Waals surface area contributed by atoms with E-state index in [4.69, 9.17) is 11.6 Å². The summed E-state index contributed by atoms with van der Waals surface area (Å²) in [6.07, 6.45) is 1.57. The van der Waals surface area contributed by atoms with Crippen molar-refractivity contribution in [3.8, 4) is 0 Å². The Morgan fingerprint density at radius 2 is 2.05 bits per heavy atom. The van der Waals surface area contributed by atoms with Crippen LogP contribution in [0.2, 0.25) is 5.02 Å². The van der Waals surface area contributed by atoms with Crippen molar-refractivity contribution in [2.45, 2.75) is 45.2 Å². The molecular formula is C15H18ClFN2O2. The van der Waals surface area contributed by atoms with Crippen LogP contribution in [0.1, 0.15) is 33.1 Å². The minimum absolute atomic E-state index is 0.0690. The first-order chi connectivity index (χ1) is 9.97. The molecule has 0 aromatic heterocycles. The largest absolute Gasteiger partial charge is 0.372 e. The Morgan fingerprint density at radius 3 is 2.62 bits per heavy atom. The molecule has 0 aliphatic carbocycles. The van der Waals surface area contributed by atoms with Gasteiger partial charge in [-0.1, -0.05) is 25.4 Å². The molecule has 21 heavy (non-hydrogen) atoms. The van der Waals surface area contributed by atoms with Crippen molar-refractivity contribution in [3.05, 3.63) is 29.0 Å². The van der Waals surface area contributed by atoms with Crippen LogP contribution in [0, 0.1) is 5.82 Å². The maximum absolute atomic E-state index is 13.0. The molecule has 1 atom stereocenters. The summed E-state index contributed by atoms with van der Waals surface area (Å²) in [5.41, 5.74) is 0.454. The minimum Gasteiger partial charge on any atom is -0.372 e. The van der Waals surface area contributed by atoms with E-state index in [0.717, 1.165) is 12.8 Å². The Hall–Kier alpha value is -1.62. The van der Waals surface area contributed by atoms with Gasteiger partial charge in [0, 0.05) is 6.04 Å². The second-order valence-electron chi connectivity index (χ2n) is 5.10. The summed E-state index contributed by atoms with van der Waals surface area (Å²) in [5.74, 6) is -0.864. The van der Waals surface area contributed by atoms with Crippen molar-refractivity contribution < 1.29 is 14.0 Å². The van der Waals surface area contributed by atoms with E-state index in [0.29, 0.717) is 5.69 Å². The third-order valence-electron chi connectivity index (χ3n) is 3.75. The molecule has 2 amide bonds. The number of nitrogens with zero attached hydrogens (tertiary/aromatic N) is 1. The van der Waals surface area contributed by atoms with E-state index >= 15 is 0 Å². The summed E-state index contributed by atoms with van der Waals surface area (Å²) in [6.45, 7) is 3.90. The van der Waals surface area contributed by atoms with Gasteiger partial charge in [0.2, 0.25) is 5.91 Å². The SMILES string of the molecule is CCC(CC)N1C(=O)CC(Nc2ccc(F)cc2Cl)C1=O. The smallest absolute Gasteiger partial charge is 0.252 e. The summed E-state index contributed by atoms with van der Waals surface area (Å²) in [6, 6.07) is 3.19. The second-order valence-corrected chi connectivity index (χ2v) is 5.50. The standard InChI is InChI=1S/C15H18ClFN2O2/c1-3-10(4-2)19-14(20)8-13(15(19)21)18-12-6-5-9(17)7-11(12)16/h5-7,10,13,18H,3-4,8H2,1-2H3. The lowest BCUT2D eigenvalue weighted by Crippen LogP contribution is -2.41. The molecule has 1 N–H and O–H groups in total. The third kappa shape index (κ3) is 3.18. The Morgan fingerprint density at radius 1 is 1.38 bits per heavy atom. The van der Waals surface area contributed by atoms with Gasteiger partial charge in [0.05, 0.1) is 17.1 Å². The Kier molecular flexibility index (Phi) is 4.83. The van der Waals surface area contributed by atoms with E-state index in [1.807, 2.05) is 13.8 Å². The molecule has 1 heterocycles. The number of likely N-dealkylation sites (tertiary alicyclic amines) is 1. The molecule has 0 bridgehead atoms. The summed E-state index contributed by atoms with van der Waals surface area (Å²) in [5, 5.41) is 3.13. The van der Waals surface area contributed by atoms with Gasteiger partial charge >= 0.3 is 0 Å². The van der Waals surface area contributed by atoms with Gasteiger partial charge in [0.15, 0.2) is 0 Å². The highest BCUT2D eigenvalue weighted by Gasteiger charge is 2.41. The fourth-order valence-corrected chi connectivity index (χ4v) is 2.82. The number of nitrogens with one attached hydrogen (secondary N) is 1. The van der Waals surface area contributed by atoms with E-state index in [-0.39, 0.29) is 29.3 Å². The van der Waals surface area contributed by atoms with Crippen LogP contribution in [0.25, 0.3) is 0 Å². The number of benzene rings is 1. The first-order valence-corrected chi connectivity index (χ1v) is 7.43. The van der Waals surface area contributed by atoms with Crippen LogP contribution in [0.15, 0.2) is 18.2 Å². The normalized spacial score (nSPS) is 18.7. The monoisotopic (exact) mass is 312 g/mol. The first-order valence-electron chi connectivity index (χ1n) is 7.05. The third-order valence-corrected chi connectivity index (χ3v) is 4.06. The second kappa shape index (κ2) is 6.43. The summed E-state index contributed by atoms with van der Waals surface area (Å²) in [7, 11) is 0. The van der Waals surface area contributed by atoms with Crippen molar-refractivity contribution in [1.29, 1.82) is 0 Å². The highest BCUT2D eigenvalue weighted by Crippen LogP contribution is 2.27. The molecule has 0 saturated carbocycles. The van der Waals surface area contributed by atoms with Gasteiger partial charge < -0.3 is 5.32 Å². The van der Waals surface area contributed by atoms with E-state index in [1.165, 1.54) is 23.1 Å². The zero-order valence-corrected chi connectivity index (χ0v) is 12.8. The van der Waals surface area contributed by atoms with Gasteiger partial charge in [-0.2, -0.15) is 0 Å². The number of halogens is 2. The summed E-state index contributed by atoms with van der Waals surface area (Å²) in [4.78, 5) is 25.8. The molecule has 1 saturated heterocycles. The molecule has 6 heteroatoms. The van der Waals surface area contributed by atoms with Gasteiger partial charge in [0.1, 0.15) is 11.9 Å². The van der Waals surface area contributed by atoms with Crippen LogP contribution in [0.4, 0.5) is 10.1 Å². The lowest BCUT2D eigenvalue weighted by atomic mass is 10.1. The van der Waals surface area contributed by atoms with Crippen molar-refractivity contribution in [1.82, 2.24) is 4.90 Å². The molecule has 1 aromatic rings. The lowest BCUT2D eigenvalue weighted by molar-refractivity contribution is -0.141. The number of imide groups is 1. The fourth-order valence-electron chi connectivity index (χ4n) is 2.60. The molecule has 4 nitrogen and oxygen atoms in total. The molecule has 1 aliphatic heterocycles. The number of carbonyl (C=O) groups is 2. The van der Waals surface area contributed by atoms with E-state index < -0.39 is 11.9 Å². The number of amides is 2. The lowest BCUT2D eigenvalue weighted by Gasteiger charge is -2.24. The van der Waals surface area contributed by atoms with Crippen LogP contribution >= 0.6 is 11.6 Å². The number of anilines is 1. The average molecular weight is 313 g/mol. The highest BCUT2D eigenvalue weighted by atomic mass is 35.5. The van der Waals surface area contributed by atoms with Crippen molar-refractivity contribution in [2.75, 3.05) is 5.32 Å². The number of rotatable bonds is 5. The summed E-state index contributed by atoms with van der Waals surface area (Å²) >= 11 is 5.93. The maximum Gasteiger partial charge on any atom is 0.252 e.